The van der Waals surface area contributed by atoms with Crippen molar-refractivity contribution in [1.29, 1.82) is 0 Å². The van der Waals surface area contributed by atoms with Gasteiger partial charge in [-0.15, -0.1) is 0 Å². The van der Waals surface area contributed by atoms with Gasteiger partial charge in [-0.2, -0.15) is 0 Å². The normalized spacial score (nSPS) is 18.1. The van der Waals surface area contributed by atoms with Gasteiger partial charge in [0.2, 0.25) is 15.9 Å². The van der Waals surface area contributed by atoms with Crippen molar-refractivity contribution in [3.05, 3.63) is 53.6 Å². The van der Waals surface area contributed by atoms with Crippen molar-refractivity contribution < 1.29 is 22.7 Å². The molecule has 1 aliphatic carbocycles. The second kappa shape index (κ2) is 12.8. The fraction of sp³-hybridized carbons (Fsp3) is 0.517. The number of carbonyl (C=O) groups is 2. The zero-order valence-electron chi connectivity index (χ0n) is 22.4. The lowest BCUT2D eigenvalue weighted by Gasteiger charge is -2.34. The average Bonchev–Trinajstić information content (AvgIpc) is 2.92. The van der Waals surface area contributed by atoms with E-state index in [1.54, 1.807) is 25.1 Å². The lowest BCUT2D eigenvalue weighted by Crippen LogP contribution is -2.38. The average molecular weight is 542 g/mol. The van der Waals surface area contributed by atoms with Crippen LogP contribution in [0.15, 0.2) is 47.4 Å². The quantitative estimate of drug-likeness (QED) is 0.413. The first kappa shape index (κ1) is 28.1. The number of benzene rings is 2. The van der Waals surface area contributed by atoms with E-state index in [1.807, 2.05) is 30.0 Å². The highest BCUT2D eigenvalue weighted by Gasteiger charge is 2.32. The van der Waals surface area contributed by atoms with Crippen LogP contribution < -0.4 is 14.9 Å². The fourth-order valence-corrected chi connectivity index (χ4v) is 6.87. The number of piperidine rings is 1. The van der Waals surface area contributed by atoms with Gasteiger partial charge in [0.1, 0.15) is 4.90 Å². The molecule has 0 radical (unpaired) electrons. The van der Waals surface area contributed by atoms with E-state index < -0.39 is 10.0 Å². The van der Waals surface area contributed by atoms with Crippen molar-refractivity contribution in [3.8, 4) is 0 Å². The summed E-state index contributed by atoms with van der Waals surface area (Å²) in [5.74, 6) is -0.504. The summed E-state index contributed by atoms with van der Waals surface area (Å²) < 4.78 is 36.0. The van der Waals surface area contributed by atoms with Gasteiger partial charge < -0.3 is 15.0 Å². The summed E-state index contributed by atoms with van der Waals surface area (Å²) in [6.45, 7) is 5.25. The van der Waals surface area contributed by atoms with E-state index in [1.165, 1.54) is 5.56 Å². The van der Waals surface area contributed by atoms with E-state index in [0.717, 1.165) is 37.7 Å². The van der Waals surface area contributed by atoms with Crippen molar-refractivity contribution >= 4 is 33.3 Å². The number of nitrogens with zero attached hydrogens (tertiary/aromatic N) is 1. The third-order valence-electron chi connectivity index (χ3n) is 7.41. The van der Waals surface area contributed by atoms with Crippen molar-refractivity contribution in [2.24, 2.45) is 5.92 Å². The van der Waals surface area contributed by atoms with Gasteiger partial charge in [-0.1, -0.05) is 37.6 Å². The second-order valence-corrected chi connectivity index (χ2v) is 11.8. The maximum absolute atomic E-state index is 13.9. The van der Waals surface area contributed by atoms with E-state index in [2.05, 4.69) is 16.1 Å². The molecule has 2 aliphatic rings. The lowest BCUT2D eigenvalue weighted by molar-refractivity contribution is -0.148. The molecular formula is C29H39N3O5S. The number of hydrogen-bond donors (Lipinski definition) is 2. The Kier molecular flexibility index (Phi) is 9.44. The summed E-state index contributed by atoms with van der Waals surface area (Å²) in [4.78, 5) is 26.8. The van der Waals surface area contributed by atoms with Crippen LogP contribution in [0.5, 0.6) is 0 Å². The van der Waals surface area contributed by atoms with E-state index in [-0.39, 0.29) is 28.7 Å². The molecule has 1 atom stereocenters. The Hall–Kier alpha value is -2.91. The van der Waals surface area contributed by atoms with Crippen LogP contribution >= 0.6 is 0 Å². The molecule has 2 aromatic rings. The van der Waals surface area contributed by atoms with E-state index in [4.69, 9.17) is 4.74 Å². The van der Waals surface area contributed by atoms with E-state index in [0.29, 0.717) is 50.3 Å². The van der Waals surface area contributed by atoms with Gasteiger partial charge in [0, 0.05) is 31.2 Å². The molecule has 1 fully saturated rings. The number of unbranched alkanes of at least 4 members (excludes halogenated alkanes) is 1. The number of nitrogens with one attached hydrogen (secondary N) is 2. The zero-order chi connectivity index (χ0) is 27.1. The molecule has 4 rings (SSSR count). The van der Waals surface area contributed by atoms with Crippen LogP contribution in [0, 0.1) is 5.92 Å². The first-order valence-corrected chi connectivity index (χ1v) is 15.3. The summed E-state index contributed by atoms with van der Waals surface area (Å²) in [5.41, 5.74) is 3.23. The van der Waals surface area contributed by atoms with Crippen molar-refractivity contribution in [2.75, 3.05) is 29.9 Å². The first-order chi connectivity index (χ1) is 18.3. The Morgan fingerprint density at radius 1 is 1.05 bits per heavy atom. The van der Waals surface area contributed by atoms with Crippen molar-refractivity contribution in [1.82, 2.24) is 4.72 Å². The summed E-state index contributed by atoms with van der Waals surface area (Å²) in [6.07, 6.45) is 5.82. The molecule has 2 aromatic carbocycles. The number of rotatable bonds is 10. The zero-order valence-corrected chi connectivity index (χ0v) is 23.2. The molecule has 9 heteroatoms. The highest BCUT2D eigenvalue weighted by Crippen LogP contribution is 2.35. The van der Waals surface area contributed by atoms with E-state index >= 15 is 0 Å². The number of sulfonamides is 1. The molecular weight excluding hydrogens is 502 g/mol. The number of hydrogen-bond acceptors (Lipinski definition) is 6. The molecule has 1 unspecified atom stereocenters. The summed E-state index contributed by atoms with van der Waals surface area (Å²) >= 11 is 0. The topological polar surface area (TPSA) is 105 Å². The predicted octanol–water partition coefficient (Wildman–Crippen LogP) is 4.95. The molecule has 1 amide bonds. The Morgan fingerprint density at radius 3 is 2.55 bits per heavy atom. The summed E-state index contributed by atoms with van der Waals surface area (Å²) in [5, 5.41) is 2.86. The minimum Gasteiger partial charge on any atom is -0.466 e. The van der Waals surface area contributed by atoms with Crippen molar-refractivity contribution in [2.45, 2.75) is 76.2 Å². The Bertz CT molecular complexity index is 1240. The number of ether oxygens (including phenoxy) is 1. The van der Waals surface area contributed by atoms with Gasteiger partial charge in [0.25, 0.3) is 0 Å². The van der Waals surface area contributed by atoms with Gasteiger partial charge in [0.15, 0.2) is 0 Å². The third kappa shape index (κ3) is 6.74. The maximum Gasteiger partial charge on any atom is 0.309 e. The third-order valence-corrected chi connectivity index (χ3v) is 8.91. The van der Waals surface area contributed by atoms with Gasteiger partial charge in [-0.05, 0) is 74.8 Å². The van der Waals surface area contributed by atoms with Crippen LogP contribution in [0.4, 0.5) is 11.4 Å². The Labute approximate surface area is 226 Å². The minimum atomic E-state index is -3.93. The highest BCUT2D eigenvalue weighted by molar-refractivity contribution is 7.89. The predicted molar refractivity (Wildman–Crippen MR) is 149 cm³/mol. The molecule has 206 valence electrons. The van der Waals surface area contributed by atoms with Crippen LogP contribution in [0.3, 0.4) is 0 Å². The second-order valence-electron chi connectivity index (χ2n) is 10.1. The molecule has 1 heterocycles. The fourth-order valence-electron chi connectivity index (χ4n) is 5.37. The monoisotopic (exact) mass is 541 g/mol. The molecule has 0 saturated carbocycles. The van der Waals surface area contributed by atoms with Crippen LogP contribution in [-0.2, 0) is 30.8 Å². The lowest BCUT2D eigenvalue weighted by atomic mass is 9.88. The molecule has 2 N–H and O–H groups in total. The Morgan fingerprint density at radius 2 is 1.82 bits per heavy atom. The molecule has 8 nitrogen and oxygen atoms in total. The van der Waals surface area contributed by atoms with Crippen LogP contribution in [0.25, 0.3) is 0 Å². The largest absolute Gasteiger partial charge is 0.466 e. The maximum atomic E-state index is 13.9. The standard InChI is InChI=1S/C29H39N3O5S/c1-3-5-13-28(33)30-23-14-15-26(32-18-16-22(17-19-32)29(34)37-4-2)27(20-23)38(35,36)31-25-12-8-10-21-9-6-7-11-24(21)25/h6-7,9,11,14-15,20,22,25,31H,3-5,8,10,12-13,16-19H2,1-2H3,(H,30,33). The molecule has 0 spiro atoms. The minimum absolute atomic E-state index is 0.132. The number of fused-ring (bicyclic) bond motifs is 1. The number of esters is 1. The molecule has 38 heavy (non-hydrogen) atoms. The summed E-state index contributed by atoms with van der Waals surface area (Å²) in [7, 11) is -3.93. The highest BCUT2D eigenvalue weighted by atomic mass is 32.2. The van der Waals surface area contributed by atoms with Gasteiger partial charge in [-0.25, -0.2) is 13.1 Å². The molecule has 1 aliphatic heterocycles. The molecule has 0 aromatic heterocycles. The summed E-state index contributed by atoms with van der Waals surface area (Å²) in [6, 6.07) is 12.8. The van der Waals surface area contributed by atoms with E-state index in [9.17, 15) is 18.0 Å². The van der Waals surface area contributed by atoms with Crippen LogP contribution in [0.1, 0.15) is 76.0 Å². The van der Waals surface area contributed by atoms with Gasteiger partial charge in [-0.3, -0.25) is 9.59 Å². The number of carbonyl (C=O) groups excluding carboxylic acids is 2. The smallest absolute Gasteiger partial charge is 0.309 e. The molecule has 1 saturated heterocycles. The SMILES string of the molecule is CCCCC(=O)Nc1ccc(N2CCC(C(=O)OCC)CC2)c(S(=O)(=O)NC2CCCc3ccccc32)c1. The van der Waals surface area contributed by atoms with Crippen LogP contribution in [-0.4, -0.2) is 40.0 Å². The Balaban J connectivity index is 1.61. The number of aryl methyl sites for hydroxylation is 1. The molecule has 0 bridgehead atoms. The van der Waals surface area contributed by atoms with Gasteiger partial charge in [0.05, 0.1) is 18.2 Å². The van der Waals surface area contributed by atoms with Crippen LogP contribution in [0.2, 0.25) is 0 Å². The van der Waals surface area contributed by atoms with Crippen molar-refractivity contribution in [3.63, 3.8) is 0 Å². The number of anilines is 2. The van der Waals surface area contributed by atoms with Gasteiger partial charge >= 0.3 is 5.97 Å². The first-order valence-electron chi connectivity index (χ1n) is 13.8. The number of amides is 1.